The minimum absolute atomic E-state index is 0.0137. The van der Waals surface area contributed by atoms with Gasteiger partial charge in [0.1, 0.15) is 6.61 Å². The number of carbonyl (C=O) groups is 2. The Morgan fingerprint density at radius 3 is 2.38 bits per heavy atom. The maximum absolute atomic E-state index is 13.5. The summed E-state index contributed by atoms with van der Waals surface area (Å²) in [4.78, 5) is 26.6. The number of methoxy groups -OCH3 is 1. The molecule has 47 heavy (non-hydrogen) atoms. The van der Waals surface area contributed by atoms with Crippen molar-refractivity contribution in [1.82, 2.24) is 0 Å². The van der Waals surface area contributed by atoms with Gasteiger partial charge in [0.2, 0.25) is 0 Å². The maximum atomic E-state index is 13.5. The summed E-state index contributed by atoms with van der Waals surface area (Å²) in [6.07, 6.45) is 13.5. The molecule has 3 N–H and O–H groups in total. The number of allylic oxidation sites excluding steroid dienone is 1. The lowest BCUT2D eigenvalue weighted by Crippen LogP contribution is -2.66. The molecule has 0 spiro atoms. The number of carboxylic acids is 1. The lowest BCUT2D eigenvalue weighted by molar-refractivity contribution is -0.217. The molecule has 5 aliphatic rings. The fraction of sp³-hybridized carbons (Fsp3) is 0.700. The number of hydrogen-bond acceptors (Lipinski definition) is 6. The third-order valence-electron chi connectivity index (χ3n) is 14.8. The summed E-state index contributed by atoms with van der Waals surface area (Å²) in [5.74, 6) is -0.129. The Labute approximate surface area is 280 Å². The van der Waals surface area contributed by atoms with E-state index < -0.39 is 22.8 Å². The van der Waals surface area contributed by atoms with Gasteiger partial charge < -0.3 is 24.8 Å². The summed E-state index contributed by atoms with van der Waals surface area (Å²) in [5, 5.41) is 31.9. The van der Waals surface area contributed by atoms with Gasteiger partial charge in [-0.2, -0.15) is 0 Å². The number of carboxylic acid groups (broad SMARTS) is 1. The zero-order valence-corrected chi connectivity index (χ0v) is 29.5. The van der Waals surface area contributed by atoms with E-state index in [4.69, 9.17) is 9.47 Å². The number of fused-ring (bicyclic) bond motifs is 7. The number of phenolic OH excluding ortho intramolecular Hbond substituents is 1. The van der Waals surface area contributed by atoms with Crippen molar-refractivity contribution in [3.05, 3.63) is 41.5 Å². The van der Waals surface area contributed by atoms with Crippen LogP contribution in [0.1, 0.15) is 111 Å². The number of aliphatic carboxylic acids is 1. The summed E-state index contributed by atoms with van der Waals surface area (Å²) in [5.41, 5.74) is 0.360. The van der Waals surface area contributed by atoms with Crippen LogP contribution < -0.4 is 4.74 Å². The van der Waals surface area contributed by atoms with Crippen molar-refractivity contribution in [2.24, 2.45) is 50.2 Å². The number of aromatic hydroxyl groups is 1. The minimum Gasteiger partial charge on any atom is -0.504 e. The molecule has 4 fully saturated rings. The summed E-state index contributed by atoms with van der Waals surface area (Å²) in [6.45, 7) is 14.1. The fourth-order valence-electron chi connectivity index (χ4n) is 11.9. The molecule has 0 amide bonds. The van der Waals surface area contributed by atoms with E-state index in [1.165, 1.54) is 24.8 Å². The summed E-state index contributed by atoms with van der Waals surface area (Å²) in [6, 6.07) is 4.92. The first-order valence-corrected chi connectivity index (χ1v) is 17.8. The molecule has 6 rings (SSSR count). The highest BCUT2D eigenvalue weighted by Crippen LogP contribution is 2.76. The van der Waals surface area contributed by atoms with Crippen molar-refractivity contribution >= 4 is 18.0 Å². The van der Waals surface area contributed by atoms with Gasteiger partial charge in [0.05, 0.1) is 18.6 Å². The first kappa shape index (κ1) is 34.1. The van der Waals surface area contributed by atoms with Gasteiger partial charge in [-0.3, -0.25) is 4.79 Å². The third kappa shape index (κ3) is 5.08. The number of aliphatic hydroxyl groups excluding tert-OH is 1. The van der Waals surface area contributed by atoms with Crippen LogP contribution in [-0.4, -0.2) is 47.1 Å². The molecule has 258 valence electrons. The molecule has 7 nitrogen and oxygen atoms in total. The molecule has 0 radical (unpaired) electrons. The highest BCUT2D eigenvalue weighted by Gasteiger charge is 2.70. The van der Waals surface area contributed by atoms with Gasteiger partial charge >= 0.3 is 11.9 Å². The molecule has 0 heterocycles. The van der Waals surface area contributed by atoms with Gasteiger partial charge in [-0.25, -0.2) is 4.79 Å². The summed E-state index contributed by atoms with van der Waals surface area (Å²) in [7, 11) is 1.49. The molecule has 4 saturated carbocycles. The zero-order chi connectivity index (χ0) is 34.2. The Morgan fingerprint density at radius 1 is 0.957 bits per heavy atom. The van der Waals surface area contributed by atoms with E-state index in [2.05, 4.69) is 47.6 Å². The van der Waals surface area contributed by atoms with E-state index in [0.29, 0.717) is 42.4 Å². The standard InChI is InChI=1S/C40H56O7/c1-35(2)18-19-39(34(44)45)20-21-40(24-47-33(43)13-9-25-8-11-28(41)29(22-25)46-7)26(27(39)23-35)10-12-31-37(5)16-15-32(42)36(3,4)30(37)14-17-38(31,40)6/h8-11,13,22,27,30-32,41-42H,12,14-21,23-24H2,1-7H3,(H,44,45)/t27-,30-,31+,32-,37-,38+,39-,40-/m0/s1. The lowest BCUT2D eigenvalue weighted by atomic mass is 9.33. The monoisotopic (exact) mass is 648 g/mol. The number of carbonyl (C=O) groups excluding carboxylic acids is 1. The number of hydrogen-bond donors (Lipinski definition) is 3. The van der Waals surface area contributed by atoms with Gasteiger partial charge in [0.25, 0.3) is 0 Å². The quantitative estimate of drug-likeness (QED) is 0.162. The molecular formula is C40H56O7. The van der Waals surface area contributed by atoms with Crippen LogP contribution in [0.4, 0.5) is 0 Å². The maximum Gasteiger partial charge on any atom is 0.330 e. The molecular weight excluding hydrogens is 592 g/mol. The van der Waals surface area contributed by atoms with Gasteiger partial charge in [-0.15, -0.1) is 0 Å². The molecule has 0 saturated heterocycles. The van der Waals surface area contributed by atoms with Gasteiger partial charge in [-0.05, 0) is 127 Å². The van der Waals surface area contributed by atoms with E-state index >= 15 is 0 Å². The second kappa shape index (κ2) is 11.4. The first-order valence-electron chi connectivity index (χ1n) is 17.8. The van der Waals surface area contributed by atoms with Crippen LogP contribution in [0.25, 0.3) is 6.08 Å². The molecule has 0 unspecified atom stereocenters. The second-order valence-electron chi connectivity index (χ2n) is 17.7. The molecule has 8 atom stereocenters. The Morgan fingerprint density at radius 2 is 1.68 bits per heavy atom. The van der Waals surface area contributed by atoms with Crippen molar-refractivity contribution in [2.45, 2.75) is 112 Å². The molecule has 5 aliphatic carbocycles. The second-order valence-corrected chi connectivity index (χ2v) is 17.7. The fourth-order valence-corrected chi connectivity index (χ4v) is 11.9. The molecule has 0 aliphatic heterocycles. The Bertz CT molecular complexity index is 1490. The Balaban J connectivity index is 1.40. The van der Waals surface area contributed by atoms with E-state index in [9.17, 15) is 24.9 Å². The predicted octanol–water partition coefficient (Wildman–Crippen LogP) is 8.18. The normalized spacial score (nSPS) is 40.2. The van der Waals surface area contributed by atoms with E-state index in [1.54, 1.807) is 18.2 Å². The van der Waals surface area contributed by atoms with E-state index in [1.807, 2.05) is 0 Å². The molecule has 1 aromatic carbocycles. The average Bonchev–Trinajstić information content (AvgIpc) is 3.01. The molecule has 0 aromatic heterocycles. The topological polar surface area (TPSA) is 113 Å². The third-order valence-corrected chi connectivity index (χ3v) is 14.8. The highest BCUT2D eigenvalue weighted by molar-refractivity contribution is 5.87. The average molecular weight is 649 g/mol. The van der Waals surface area contributed by atoms with Crippen LogP contribution in [0.3, 0.4) is 0 Å². The molecule has 7 heteroatoms. The van der Waals surface area contributed by atoms with Crippen LogP contribution in [0.2, 0.25) is 0 Å². The number of aliphatic hydroxyl groups is 1. The van der Waals surface area contributed by atoms with Crippen LogP contribution >= 0.6 is 0 Å². The van der Waals surface area contributed by atoms with Crippen LogP contribution in [0.5, 0.6) is 11.5 Å². The van der Waals surface area contributed by atoms with Crippen molar-refractivity contribution in [1.29, 1.82) is 0 Å². The van der Waals surface area contributed by atoms with E-state index in [0.717, 1.165) is 44.9 Å². The number of rotatable bonds is 6. The summed E-state index contributed by atoms with van der Waals surface area (Å²) < 4.78 is 11.5. The van der Waals surface area contributed by atoms with Gasteiger partial charge in [0, 0.05) is 11.5 Å². The Hall–Kier alpha value is -2.80. The van der Waals surface area contributed by atoms with Gasteiger partial charge in [-0.1, -0.05) is 59.3 Å². The highest BCUT2D eigenvalue weighted by atomic mass is 16.5. The van der Waals surface area contributed by atoms with Crippen LogP contribution in [0.15, 0.2) is 35.9 Å². The number of esters is 1. The minimum atomic E-state index is -0.784. The largest absolute Gasteiger partial charge is 0.504 e. The van der Waals surface area contributed by atoms with Crippen molar-refractivity contribution in [3.8, 4) is 11.5 Å². The number of phenols is 1. The van der Waals surface area contributed by atoms with Crippen molar-refractivity contribution in [2.75, 3.05) is 13.7 Å². The first-order chi connectivity index (χ1) is 22.0. The van der Waals surface area contributed by atoms with Crippen LogP contribution in [0, 0.1) is 50.2 Å². The van der Waals surface area contributed by atoms with Gasteiger partial charge in [0.15, 0.2) is 11.5 Å². The molecule has 1 aromatic rings. The Kier molecular flexibility index (Phi) is 8.26. The van der Waals surface area contributed by atoms with E-state index in [-0.39, 0.29) is 46.0 Å². The van der Waals surface area contributed by atoms with Crippen LogP contribution in [-0.2, 0) is 14.3 Å². The summed E-state index contributed by atoms with van der Waals surface area (Å²) >= 11 is 0. The number of benzene rings is 1. The smallest absolute Gasteiger partial charge is 0.330 e. The van der Waals surface area contributed by atoms with Crippen molar-refractivity contribution < 1.29 is 34.4 Å². The zero-order valence-electron chi connectivity index (χ0n) is 29.5. The molecule has 0 bridgehead atoms. The predicted molar refractivity (Wildman–Crippen MR) is 182 cm³/mol. The SMILES string of the molecule is COc1cc(C=CC(=O)OC[C@@]23CC[C@@]4(C(=O)O)CCC(C)(C)C[C@H]4C2=CC[C@@H]2[C@@]4(C)CC[C@H](O)C(C)(C)[C@@H]4CC[C@]23C)ccc1O. The van der Waals surface area contributed by atoms with Crippen molar-refractivity contribution in [3.63, 3.8) is 0 Å². The lowest BCUT2D eigenvalue weighted by Gasteiger charge is -2.71. The number of ether oxygens (including phenoxy) is 2.